The SMILES string of the molecule is C[C@]12CC[C@H]3[C@@H](CC[C@]4(O)C[C@H](O)CC[C@]34C(=O)O)[C@]1(O)CC[C@@H]2C(=O)C(=O)O. The Morgan fingerprint density at radius 2 is 1.52 bits per heavy atom. The molecule has 0 bridgehead atoms. The van der Waals surface area contributed by atoms with Crippen LogP contribution in [0.3, 0.4) is 0 Å². The van der Waals surface area contributed by atoms with Gasteiger partial charge in [0.1, 0.15) is 0 Å². The van der Waals surface area contributed by atoms with E-state index in [1.54, 1.807) is 6.92 Å². The number of carbonyl (C=O) groups is 3. The van der Waals surface area contributed by atoms with Crippen molar-refractivity contribution in [1.29, 1.82) is 0 Å². The van der Waals surface area contributed by atoms with Gasteiger partial charge in [0.15, 0.2) is 0 Å². The molecule has 0 aliphatic heterocycles. The van der Waals surface area contributed by atoms with Gasteiger partial charge < -0.3 is 25.5 Å². The van der Waals surface area contributed by atoms with E-state index in [9.17, 15) is 39.9 Å². The number of fused-ring (bicyclic) bond motifs is 5. The van der Waals surface area contributed by atoms with Gasteiger partial charge in [-0.25, -0.2) is 4.79 Å². The smallest absolute Gasteiger partial charge is 0.372 e. The highest BCUT2D eigenvalue weighted by molar-refractivity contribution is 6.33. The van der Waals surface area contributed by atoms with Crippen molar-refractivity contribution in [2.45, 2.75) is 82.0 Å². The van der Waals surface area contributed by atoms with Crippen molar-refractivity contribution in [3.05, 3.63) is 0 Å². The van der Waals surface area contributed by atoms with E-state index in [-0.39, 0.29) is 38.5 Å². The molecule has 5 N–H and O–H groups in total. The molecule has 0 saturated heterocycles. The number of carbonyl (C=O) groups excluding carboxylic acids is 1. The van der Waals surface area contributed by atoms with Gasteiger partial charge in [-0.1, -0.05) is 6.92 Å². The van der Waals surface area contributed by atoms with Crippen LogP contribution in [-0.4, -0.2) is 60.6 Å². The fourth-order valence-corrected chi connectivity index (χ4v) is 7.87. The molecule has 8 atom stereocenters. The number of carboxylic acids is 2. The van der Waals surface area contributed by atoms with Gasteiger partial charge in [-0.05, 0) is 63.2 Å². The van der Waals surface area contributed by atoms with E-state index in [0.29, 0.717) is 19.3 Å². The quantitative estimate of drug-likeness (QED) is 0.431. The topological polar surface area (TPSA) is 152 Å². The predicted octanol–water partition coefficient (Wildman–Crippen LogP) is 0.954. The van der Waals surface area contributed by atoms with Gasteiger partial charge in [-0.2, -0.15) is 0 Å². The van der Waals surface area contributed by atoms with Crippen LogP contribution in [0, 0.1) is 28.6 Å². The van der Waals surface area contributed by atoms with Gasteiger partial charge in [0.25, 0.3) is 0 Å². The lowest BCUT2D eigenvalue weighted by atomic mass is 9.41. The highest BCUT2D eigenvalue weighted by Gasteiger charge is 2.74. The molecular formula is C21H30O8. The molecule has 0 heterocycles. The molecule has 0 radical (unpaired) electrons. The van der Waals surface area contributed by atoms with Gasteiger partial charge in [-0.3, -0.25) is 9.59 Å². The summed E-state index contributed by atoms with van der Waals surface area (Å²) in [5, 5.41) is 52.8. The third-order valence-electron chi connectivity index (χ3n) is 9.33. The van der Waals surface area contributed by atoms with Crippen LogP contribution in [-0.2, 0) is 14.4 Å². The van der Waals surface area contributed by atoms with Crippen molar-refractivity contribution in [3.8, 4) is 0 Å². The van der Waals surface area contributed by atoms with Crippen molar-refractivity contribution in [2.75, 3.05) is 0 Å². The molecule has 0 unspecified atom stereocenters. The lowest BCUT2D eigenvalue weighted by Crippen LogP contribution is -2.70. The number of aliphatic hydroxyl groups excluding tert-OH is 1. The van der Waals surface area contributed by atoms with Gasteiger partial charge >= 0.3 is 11.9 Å². The first kappa shape index (κ1) is 20.8. The summed E-state index contributed by atoms with van der Waals surface area (Å²) in [6, 6.07) is 0. The van der Waals surface area contributed by atoms with Crippen LogP contribution in [0.2, 0.25) is 0 Å². The average molecular weight is 410 g/mol. The second-order valence-electron chi connectivity index (χ2n) is 10.1. The number of hydrogen-bond acceptors (Lipinski definition) is 6. The van der Waals surface area contributed by atoms with Crippen LogP contribution in [0.4, 0.5) is 0 Å². The Labute approximate surface area is 168 Å². The lowest BCUT2D eigenvalue weighted by Gasteiger charge is -2.64. The van der Waals surface area contributed by atoms with E-state index in [1.165, 1.54) is 0 Å². The molecule has 0 spiro atoms. The summed E-state index contributed by atoms with van der Waals surface area (Å²) in [6.07, 6.45) is 1.51. The van der Waals surface area contributed by atoms with Gasteiger partial charge in [0.05, 0.1) is 22.7 Å². The number of rotatable bonds is 3. The van der Waals surface area contributed by atoms with E-state index in [1.807, 2.05) is 0 Å². The van der Waals surface area contributed by atoms with E-state index >= 15 is 0 Å². The average Bonchev–Trinajstić information content (AvgIpc) is 2.91. The Morgan fingerprint density at radius 3 is 2.14 bits per heavy atom. The zero-order chi connectivity index (χ0) is 21.4. The first-order chi connectivity index (χ1) is 13.4. The molecule has 4 saturated carbocycles. The monoisotopic (exact) mass is 410 g/mol. The summed E-state index contributed by atoms with van der Waals surface area (Å²) in [5.74, 6) is -5.18. The molecule has 29 heavy (non-hydrogen) atoms. The summed E-state index contributed by atoms with van der Waals surface area (Å²) in [4.78, 5) is 36.2. The summed E-state index contributed by atoms with van der Waals surface area (Å²) < 4.78 is 0. The molecule has 4 aliphatic rings. The molecular weight excluding hydrogens is 380 g/mol. The first-order valence-corrected chi connectivity index (χ1v) is 10.6. The zero-order valence-electron chi connectivity index (χ0n) is 16.6. The van der Waals surface area contributed by atoms with Gasteiger partial charge in [0, 0.05) is 17.8 Å². The minimum absolute atomic E-state index is 0.0122. The number of Topliss-reactive ketones (excluding diaryl/α,β-unsaturated/α-hetero) is 1. The van der Waals surface area contributed by atoms with Crippen molar-refractivity contribution in [3.63, 3.8) is 0 Å². The maximum atomic E-state index is 12.6. The summed E-state index contributed by atoms with van der Waals surface area (Å²) >= 11 is 0. The van der Waals surface area contributed by atoms with E-state index in [2.05, 4.69) is 0 Å². The van der Waals surface area contributed by atoms with Crippen LogP contribution in [0.15, 0.2) is 0 Å². The maximum absolute atomic E-state index is 12.6. The van der Waals surface area contributed by atoms with Crippen molar-refractivity contribution in [2.24, 2.45) is 28.6 Å². The number of aliphatic hydroxyl groups is 3. The minimum Gasteiger partial charge on any atom is -0.481 e. The maximum Gasteiger partial charge on any atom is 0.372 e. The molecule has 8 nitrogen and oxygen atoms in total. The molecule has 0 aromatic heterocycles. The van der Waals surface area contributed by atoms with Crippen LogP contribution < -0.4 is 0 Å². The van der Waals surface area contributed by atoms with Gasteiger partial charge in [0.2, 0.25) is 5.78 Å². The highest BCUT2D eigenvalue weighted by atomic mass is 16.4. The third-order valence-corrected chi connectivity index (χ3v) is 9.33. The van der Waals surface area contributed by atoms with E-state index < -0.39 is 63.6 Å². The number of carboxylic acid groups (broad SMARTS) is 2. The molecule has 162 valence electrons. The summed E-state index contributed by atoms with van der Waals surface area (Å²) in [5.41, 5.74) is -5.24. The van der Waals surface area contributed by atoms with Crippen molar-refractivity contribution >= 4 is 17.7 Å². The van der Waals surface area contributed by atoms with Crippen LogP contribution in [0.1, 0.15) is 64.7 Å². The third kappa shape index (κ3) is 2.39. The first-order valence-electron chi connectivity index (χ1n) is 10.6. The Bertz CT molecular complexity index is 766. The zero-order valence-corrected chi connectivity index (χ0v) is 16.6. The second-order valence-corrected chi connectivity index (χ2v) is 10.1. The van der Waals surface area contributed by atoms with Gasteiger partial charge in [-0.15, -0.1) is 0 Å². The fraction of sp³-hybridized carbons (Fsp3) is 0.857. The Hall–Kier alpha value is -1.51. The molecule has 0 amide bonds. The minimum atomic E-state index is -1.53. The largest absolute Gasteiger partial charge is 0.481 e. The Morgan fingerprint density at radius 1 is 0.862 bits per heavy atom. The predicted molar refractivity (Wildman–Crippen MR) is 98.7 cm³/mol. The Balaban J connectivity index is 1.76. The van der Waals surface area contributed by atoms with Crippen LogP contribution in [0.25, 0.3) is 0 Å². The highest BCUT2D eigenvalue weighted by Crippen LogP contribution is 2.70. The molecule has 8 heteroatoms. The number of ketones is 1. The molecule has 4 rings (SSSR count). The number of hydrogen-bond donors (Lipinski definition) is 5. The number of aliphatic carboxylic acids is 2. The standard InChI is InChI=1S/C21H30O8/c1-18-6-3-12-13(21(18,29)9-5-14(18)15(23)16(24)25)4-7-19(28)10-11(22)2-8-20(12,19)17(26)27/h11-14,22,28-29H,2-10H2,1H3,(H,24,25)(H,26,27)/t11-,12+,13-,14-,18-,19+,20-,21-/m1/s1. The van der Waals surface area contributed by atoms with Crippen LogP contribution >= 0.6 is 0 Å². The van der Waals surface area contributed by atoms with E-state index in [0.717, 1.165) is 0 Å². The lowest BCUT2D eigenvalue weighted by molar-refractivity contribution is -0.260. The van der Waals surface area contributed by atoms with Crippen LogP contribution in [0.5, 0.6) is 0 Å². The second kappa shape index (κ2) is 6.25. The summed E-state index contributed by atoms with van der Waals surface area (Å²) in [7, 11) is 0. The molecule has 4 fully saturated rings. The summed E-state index contributed by atoms with van der Waals surface area (Å²) in [6.45, 7) is 1.76. The van der Waals surface area contributed by atoms with E-state index in [4.69, 9.17) is 0 Å². The Kier molecular flexibility index (Phi) is 4.47. The molecule has 0 aromatic carbocycles. The fourth-order valence-electron chi connectivity index (χ4n) is 7.87. The van der Waals surface area contributed by atoms with Crippen molar-refractivity contribution in [1.82, 2.24) is 0 Å². The molecule has 0 aromatic rings. The normalized spacial score (nSPS) is 51.4. The van der Waals surface area contributed by atoms with Crippen molar-refractivity contribution < 1.29 is 39.9 Å². The molecule has 4 aliphatic carbocycles.